The van der Waals surface area contributed by atoms with Crippen molar-refractivity contribution in [2.24, 2.45) is 0 Å². The fourth-order valence-corrected chi connectivity index (χ4v) is 2.30. The highest BCUT2D eigenvalue weighted by Crippen LogP contribution is 2.23. The lowest BCUT2D eigenvalue weighted by atomic mass is 10.3. The van der Waals surface area contributed by atoms with Crippen LogP contribution in [0.15, 0.2) is 27.6 Å². The molecule has 0 radical (unpaired) electrons. The summed E-state index contributed by atoms with van der Waals surface area (Å²) in [6, 6.07) is 2.57. The van der Waals surface area contributed by atoms with Gasteiger partial charge in [-0.05, 0) is 34.1 Å². The van der Waals surface area contributed by atoms with Crippen LogP contribution in [0.2, 0.25) is 0 Å². The fourth-order valence-electron chi connectivity index (χ4n) is 0.996. The molecule has 0 aromatic heterocycles. The second-order valence-corrected chi connectivity index (χ2v) is 6.08. The molecule has 0 saturated heterocycles. The van der Waals surface area contributed by atoms with Gasteiger partial charge in [0, 0.05) is 0 Å². The van der Waals surface area contributed by atoms with Crippen LogP contribution in [0.5, 0.6) is 0 Å². The Hall–Kier alpha value is -0.740. The number of hydrogen-bond donors (Lipinski definition) is 1. The Bertz CT molecular complexity index is 564. The number of halogens is 6. The maximum Gasteiger partial charge on any atom is 0.320 e. The maximum absolute atomic E-state index is 13.1. The zero-order valence-corrected chi connectivity index (χ0v) is 11.4. The minimum atomic E-state index is -4.50. The number of alkyl halides is 4. The molecule has 3 nitrogen and oxygen atoms in total. The van der Waals surface area contributed by atoms with E-state index in [0.29, 0.717) is 6.07 Å². The molecule has 19 heavy (non-hydrogen) atoms. The van der Waals surface area contributed by atoms with E-state index in [1.165, 1.54) is 4.72 Å². The fraction of sp³-hybridized carbons (Fsp3) is 0.333. The van der Waals surface area contributed by atoms with E-state index in [0.717, 1.165) is 12.1 Å². The van der Waals surface area contributed by atoms with Crippen LogP contribution >= 0.6 is 15.9 Å². The largest absolute Gasteiger partial charge is 0.320 e. The molecule has 108 valence electrons. The molecule has 1 aromatic carbocycles. The molecule has 0 aliphatic carbocycles. The lowest BCUT2D eigenvalue weighted by molar-refractivity contribution is -0.122. The summed E-state index contributed by atoms with van der Waals surface area (Å²) in [5.41, 5.74) is 0. The van der Waals surface area contributed by atoms with Crippen molar-refractivity contribution in [3.05, 3.63) is 28.5 Å². The van der Waals surface area contributed by atoms with Gasteiger partial charge in [-0.2, -0.15) is 8.78 Å². The summed E-state index contributed by atoms with van der Waals surface area (Å²) in [5, 5.41) is 0. The molecule has 0 saturated carbocycles. The number of sulfonamides is 1. The molecule has 0 atom stereocenters. The molecule has 0 heterocycles. The van der Waals surface area contributed by atoms with Crippen LogP contribution in [0.25, 0.3) is 0 Å². The highest BCUT2D eigenvalue weighted by atomic mass is 79.9. The van der Waals surface area contributed by atoms with E-state index in [4.69, 9.17) is 0 Å². The Balaban J connectivity index is 2.90. The van der Waals surface area contributed by atoms with Gasteiger partial charge in [-0.3, -0.25) is 0 Å². The quantitative estimate of drug-likeness (QED) is 0.813. The number of nitrogens with one attached hydrogen (secondary N) is 1. The smallest absolute Gasteiger partial charge is 0.207 e. The Morgan fingerprint density at radius 1 is 1.32 bits per heavy atom. The summed E-state index contributed by atoms with van der Waals surface area (Å²) >= 11 is 2.78. The van der Waals surface area contributed by atoms with Crippen molar-refractivity contribution in [2.75, 3.05) is 6.54 Å². The molecule has 0 spiro atoms. The van der Waals surface area contributed by atoms with Crippen LogP contribution in [-0.4, -0.2) is 27.3 Å². The van der Waals surface area contributed by atoms with Crippen molar-refractivity contribution in [1.29, 1.82) is 0 Å². The molecule has 10 heteroatoms. The first kappa shape index (κ1) is 16.3. The van der Waals surface area contributed by atoms with E-state index < -0.39 is 39.6 Å². The second-order valence-electron chi connectivity index (χ2n) is 3.46. The van der Waals surface area contributed by atoms with Gasteiger partial charge in [0.25, 0.3) is 0 Å². The SMILES string of the molecule is O=S(=O)(NCC(F)(F)C(F)F)c1ccc(Br)c(F)c1. The summed E-state index contributed by atoms with van der Waals surface area (Å²) in [6.07, 6.45) is -4.00. The summed E-state index contributed by atoms with van der Waals surface area (Å²) in [4.78, 5) is -0.640. The van der Waals surface area contributed by atoms with E-state index in [1.54, 1.807) is 0 Å². The van der Waals surface area contributed by atoms with Gasteiger partial charge in [0.05, 0.1) is 15.9 Å². The third-order valence-electron chi connectivity index (χ3n) is 2.02. The van der Waals surface area contributed by atoms with Crippen molar-refractivity contribution in [3.63, 3.8) is 0 Å². The first-order valence-electron chi connectivity index (χ1n) is 4.67. The van der Waals surface area contributed by atoms with E-state index in [2.05, 4.69) is 15.9 Å². The van der Waals surface area contributed by atoms with Gasteiger partial charge in [0.1, 0.15) is 5.82 Å². The minimum Gasteiger partial charge on any atom is -0.207 e. The highest BCUT2D eigenvalue weighted by Gasteiger charge is 2.41. The topological polar surface area (TPSA) is 46.2 Å². The van der Waals surface area contributed by atoms with Crippen molar-refractivity contribution >= 4 is 26.0 Å². The van der Waals surface area contributed by atoms with Gasteiger partial charge in [-0.25, -0.2) is 26.3 Å². The summed E-state index contributed by atoms with van der Waals surface area (Å²) < 4.78 is 86.2. The first-order valence-corrected chi connectivity index (χ1v) is 6.94. The number of rotatable bonds is 5. The lowest BCUT2D eigenvalue weighted by Crippen LogP contribution is -2.41. The molecule has 0 fully saturated rings. The van der Waals surface area contributed by atoms with Crippen LogP contribution in [0.4, 0.5) is 22.0 Å². The molecule has 0 aliphatic heterocycles. The Labute approximate surface area is 114 Å². The summed E-state index contributed by atoms with van der Waals surface area (Å²) in [5.74, 6) is -5.43. The van der Waals surface area contributed by atoms with Gasteiger partial charge in [0.15, 0.2) is 0 Å². The van der Waals surface area contributed by atoms with Crippen LogP contribution in [0.3, 0.4) is 0 Å². The summed E-state index contributed by atoms with van der Waals surface area (Å²) in [6.45, 7) is -1.77. The van der Waals surface area contributed by atoms with Gasteiger partial charge in [-0.1, -0.05) is 0 Å². The average Bonchev–Trinajstić information content (AvgIpc) is 2.30. The van der Waals surface area contributed by atoms with Gasteiger partial charge >= 0.3 is 12.3 Å². The Kier molecular flexibility index (Phi) is 4.91. The maximum atomic E-state index is 13.1. The monoisotopic (exact) mass is 367 g/mol. The van der Waals surface area contributed by atoms with Gasteiger partial charge < -0.3 is 0 Å². The van der Waals surface area contributed by atoms with Crippen LogP contribution in [0, 0.1) is 5.82 Å². The molecule has 0 unspecified atom stereocenters. The molecular formula is C9H7BrF5NO2S. The minimum absolute atomic E-state index is 0.0237. The van der Waals surface area contributed by atoms with E-state index in [1.807, 2.05) is 0 Å². The van der Waals surface area contributed by atoms with Crippen LogP contribution < -0.4 is 4.72 Å². The third kappa shape index (κ3) is 4.11. The average molecular weight is 368 g/mol. The highest BCUT2D eigenvalue weighted by molar-refractivity contribution is 9.10. The second kappa shape index (κ2) is 5.71. The Morgan fingerprint density at radius 2 is 1.89 bits per heavy atom. The van der Waals surface area contributed by atoms with Crippen molar-refractivity contribution < 1.29 is 30.4 Å². The standard InChI is InChI=1S/C9H7BrF5NO2S/c10-6-2-1-5(3-7(6)11)19(17,18)16-4-9(14,15)8(12)13/h1-3,8,16H,4H2. The zero-order chi connectivity index (χ0) is 14.8. The molecule has 0 aliphatic rings. The van der Waals surface area contributed by atoms with Crippen LogP contribution in [0.1, 0.15) is 0 Å². The first-order chi connectivity index (χ1) is 8.56. The van der Waals surface area contributed by atoms with Crippen molar-refractivity contribution in [3.8, 4) is 0 Å². The van der Waals surface area contributed by atoms with E-state index in [-0.39, 0.29) is 4.47 Å². The molecular weight excluding hydrogens is 361 g/mol. The van der Waals surface area contributed by atoms with E-state index >= 15 is 0 Å². The molecule has 1 rings (SSSR count). The zero-order valence-electron chi connectivity index (χ0n) is 9.01. The third-order valence-corrected chi connectivity index (χ3v) is 4.06. The Morgan fingerprint density at radius 3 is 2.37 bits per heavy atom. The normalized spacial score (nSPS) is 13.0. The van der Waals surface area contributed by atoms with Crippen LogP contribution in [-0.2, 0) is 10.0 Å². The lowest BCUT2D eigenvalue weighted by Gasteiger charge is -2.15. The summed E-state index contributed by atoms with van der Waals surface area (Å²) in [7, 11) is -4.49. The molecule has 0 amide bonds. The predicted molar refractivity (Wildman–Crippen MR) is 60.2 cm³/mol. The van der Waals surface area contributed by atoms with Gasteiger partial charge in [0.2, 0.25) is 10.0 Å². The molecule has 1 N–H and O–H groups in total. The van der Waals surface area contributed by atoms with Crippen molar-refractivity contribution in [2.45, 2.75) is 17.2 Å². The predicted octanol–water partition coefficient (Wildman–Crippen LogP) is 2.77. The van der Waals surface area contributed by atoms with E-state index in [9.17, 15) is 30.4 Å². The van der Waals surface area contributed by atoms with Gasteiger partial charge in [-0.15, -0.1) is 0 Å². The molecule has 0 bridgehead atoms. The number of hydrogen-bond acceptors (Lipinski definition) is 2. The number of benzene rings is 1. The van der Waals surface area contributed by atoms with Crippen molar-refractivity contribution in [1.82, 2.24) is 4.72 Å². The molecule has 1 aromatic rings.